The van der Waals surface area contributed by atoms with Crippen molar-refractivity contribution in [2.75, 3.05) is 13.4 Å². The van der Waals surface area contributed by atoms with Gasteiger partial charge in [0.25, 0.3) is 10.1 Å². The molecular formula is C17H16O6S. The van der Waals surface area contributed by atoms with Gasteiger partial charge in [-0.25, -0.2) is 0 Å². The molecule has 0 spiro atoms. The Kier molecular flexibility index (Phi) is 4.29. The minimum Gasteiger partial charge on any atom is -0.497 e. The van der Waals surface area contributed by atoms with Crippen LogP contribution in [-0.4, -0.2) is 33.7 Å². The van der Waals surface area contributed by atoms with Crippen molar-refractivity contribution in [3.63, 3.8) is 0 Å². The Balaban J connectivity index is 2.05. The van der Waals surface area contributed by atoms with E-state index in [1.807, 2.05) is 0 Å². The molecule has 1 aliphatic rings. The second-order valence-corrected chi connectivity index (χ2v) is 6.99. The largest absolute Gasteiger partial charge is 0.497 e. The molecule has 0 N–H and O–H groups in total. The minimum atomic E-state index is -3.84. The lowest BCUT2D eigenvalue weighted by atomic mass is 9.93. The maximum atomic E-state index is 12.7. The van der Waals surface area contributed by atoms with Crippen molar-refractivity contribution in [1.29, 1.82) is 0 Å². The Bertz CT molecular complexity index is 857. The maximum absolute atomic E-state index is 12.7. The van der Waals surface area contributed by atoms with Crippen molar-refractivity contribution < 1.29 is 26.9 Å². The van der Waals surface area contributed by atoms with Crippen LogP contribution in [0.4, 0.5) is 0 Å². The third-order valence-electron chi connectivity index (χ3n) is 3.66. The lowest BCUT2D eigenvalue weighted by Gasteiger charge is -2.31. The predicted molar refractivity (Wildman–Crippen MR) is 86.9 cm³/mol. The van der Waals surface area contributed by atoms with E-state index in [9.17, 15) is 13.2 Å². The van der Waals surface area contributed by atoms with Gasteiger partial charge in [-0.15, -0.1) is 0 Å². The molecule has 0 bridgehead atoms. The van der Waals surface area contributed by atoms with E-state index in [0.717, 1.165) is 6.26 Å². The van der Waals surface area contributed by atoms with E-state index in [1.54, 1.807) is 55.6 Å². The van der Waals surface area contributed by atoms with Crippen LogP contribution in [0.1, 0.15) is 22.0 Å². The van der Waals surface area contributed by atoms with Gasteiger partial charge in [0.2, 0.25) is 5.78 Å². The van der Waals surface area contributed by atoms with E-state index in [2.05, 4.69) is 0 Å². The number of rotatable bonds is 4. The fraction of sp³-hybridized carbons (Fsp3) is 0.235. The molecular weight excluding hydrogens is 332 g/mol. The van der Waals surface area contributed by atoms with E-state index < -0.39 is 28.1 Å². The highest BCUT2D eigenvalue weighted by atomic mass is 32.2. The minimum absolute atomic E-state index is 0.302. The van der Waals surface area contributed by atoms with Crippen LogP contribution in [0.25, 0.3) is 0 Å². The Labute approximate surface area is 140 Å². The summed E-state index contributed by atoms with van der Waals surface area (Å²) in [5.41, 5.74) is 0.920. The fourth-order valence-electron chi connectivity index (χ4n) is 2.58. The van der Waals surface area contributed by atoms with E-state index in [0.29, 0.717) is 22.6 Å². The summed E-state index contributed by atoms with van der Waals surface area (Å²) in [6.45, 7) is 0. The Hall–Kier alpha value is -2.38. The fourth-order valence-corrected chi connectivity index (χ4v) is 3.15. The number of hydrogen-bond donors (Lipinski definition) is 0. The SMILES string of the molecule is COc1ccc([C@@H]2Oc3ccccc3C(=O)[C@H]2OS(C)(=O)=O)cc1. The lowest BCUT2D eigenvalue weighted by Crippen LogP contribution is -2.39. The number of carbonyl (C=O) groups is 1. The number of hydrogen-bond acceptors (Lipinski definition) is 6. The Morgan fingerprint density at radius 2 is 1.71 bits per heavy atom. The zero-order chi connectivity index (χ0) is 17.3. The van der Waals surface area contributed by atoms with Crippen LogP contribution in [0.15, 0.2) is 48.5 Å². The molecule has 0 amide bonds. The quantitative estimate of drug-likeness (QED) is 0.789. The van der Waals surface area contributed by atoms with Crippen molar-refractivity contribution in [2.45, 2.75) is 12.2 Å². The molecule has 0 unspecified atom stereocenters. The van der Waals surface area contributed by atoms with Crippen LogP contribution in [0, 0.1) is 0 Å². The highest BCUT2D eigenvalue weighted by molar-refractivity contribution is 7.86. The van der Waals surface area contributed by atoms with Gasteiger partial charge in [0.15, 0.2) is 12.2 Å². The first-order valence-electron chi connectivity index (χ1n) is 7.21. The van der Waals surface area contributed by atoms with Crippen molar-refractivity contribution >= 4 is 15.9 Å². The highest BCUT2D eigenvalue weighted by Gasteiger charge is 2.41. The van der Waals surface area contributed by atoms with Crippen molar-refractivity contribution in [3.8, 4) is 11.5 Å². The van der Waals surface area contributed by atoms with Gasteiger partial charge >= 0.3 is 0 Å². The first kappa shape index (κ1) is 16.5. The summed E-state index contributed by atoms with van der Waals surface area (Å²) in [6.07, 6.45) is -1.23. The molecule has 2 aromatic carbocycles. The Morgan fingerprint density at radius 3 is 2.33 bits per heavy atom. The van der Waals surface area contributed by atoms with Crippen molar-refractivity contribution in [2.24, 2.45) is 0 Å². The number of Topliss-reactive ketones (excluding diaryl/α,β-unsaturated/α-hetero) is 1. The monoisotopic (exact) mass is 348 g/mol. The van der Waals surface area contributed by atoms with E-state index in [1.165, 1.54) is 0 Å². The number of fused-ring (bicyclic) bond motifs is 1. The summed E-state index contributed by atoms with van der Waals surface area (Å²) in [6, 6.07) is 13.5. The molecule has 7 heteroatoms. The van der Waals surface area contributed by atoms with E-state index >= 15 is 0 Å². The first-order valence-corrected chi connectivity index (χ1v) is 9.03. The molecule has 2 aromatic rings. The van der Waals surface area contributed by atoms with Gasteiger partial charge in [0.05, 0.1) is 18.9 Å². The second kappa shape index (κ2) is 6.26. The zero-order valence-electron chi connectivity index (χ0n) is 13.1. The van der Waals surface area contributed by atoms with Gasteiger partial charge in [-0.05, 0) is 29.8 Å². The predicted octanol–water partition coefficient (Wildman–Crippen LogP) is 2.36. The van der Waals surface area contributed by atoms with E-state index in [-0.39, 0.29) is 0 Å². The van der Waals surface area contributed by atoms with Gasteiger partial charge in [0.1, 0.15) is 11.5 Å². The summed E-state index contributed by atoms with van der Waals surface area (Å²) in [4.78, 5) is 12.7. The number of methoxy groups -OCH3 is 1. The summed E-state index contributed by atoms with van der Waals surface area (Å²) in [7, 11) is -2.30. The molecule has 0 radical (unpaired) electrons. The topological polar surface area (TPSA) is 78.9 Å². The van der Waals surface area contributed by atoms with Crippen molar-refractivity contribution in [3.05, 3.63) is 59.7 Å². The Morgan fingerprint density at radius 1 is 1.04 bits per heavy atom. The van der Waals surface area contributed by atoms with Gasteiger partial charge in [0, 0.05) is 0 Å². The molecule has 2 atom stereocenters. The first-order chi connectivity index (χ1) is 11.4. The molecule has 3 rings (SSSR count). The lowest BCUT2D eigenvalue weighted by molar-refractivity contribution is 0.0347. The molecule has 1 aliphatic heterocycles. The maximum Gasteiger partial charge on any atom is 0.265 e. The average molecular weight is 348 g/mol. The van der Waals surface area contributed by atoms with Crippen LogP contribution in [-0.2, 0) is 14.3 Å². The van der Waals surface area contributed by atoms with Crippen LogP contribution < -0.4 is 9.47 Å². The second-order valence-electron chi connectivity index (χ2n) is 5.39. The molecule has 0 fully saturated rings. The summed E-state index contributed by atoms with van der Waals surface area (Å²) in [5, 5.41) is 0. The van der Waals surface area contributed by atoms with E-state index in [4.69, 9.17) is 13.7 Å². The summed E-state index contributed by atoms with van der Waals surface area (Å²) >= 11 is 0. The normalized spacial score (nSPS) is 20.2. The number of carbonyl (C=O) groups excluding carboxylic acids is 1. The standard InChI is InChI=1S/C17H16O6S/c1-21-12-9-7-11(8-10-12)16-17(23-24(2,19)20)15(18)13-5-3-4-6-14(13)22-16/h3-10,16-17H,1-2H3/t16-,17+/m0/s1. The summed E-state index contributed by atoms with van der Waals surface area (Å²) in [5.74, 6) is 0.613. The van der Waals surface area contributed by atoms with Gasteiger partial charge in [-0.3, -0.25) is 8.98 Å². The van der Waals surface area contributed by atoms with Crippen LogP contribution in [0.3, 0.4) is 0 Å². The van der Waals surface area contributed by atoms with Crippen LogP contribution >= 0.6 is 0 Å². The molecule has 6 nitrogen and oxygen atoms in total. The van der Waals surface area contributed by atoms with Crippen LogP contribution in [0.5, 0.6) is 11.5 Å². The number of ether oxygens (including phenoxy) is 2. The average Bonchev–Trinajstić information content (AvgIpc) is 2.56. The van der Waals surface area contributed by atoms with Gasteiger partial charge < -0.3 is 9.47 Å². The molecule has 0 saturated carbocycles. The van der Waals surface area contributed by atoms with Gasteiger partial charge in [-0.1, -0.05) is 24.3 Å². The smallest absolute Gasteiger partial charge is 0.265 e. The molecule has 126 valence electrons. The van der Waals surface area contributed by atoms with Crippen molar-refractivity contribution in [1.82, 2.24) is 0 Å². The molecule has 1 heterocycles. The number of para-hydroxylation sites is 1. The van der Waals surface area contributed by atoms with Crippen LogP contribution in [0.2, 0.25) is 0 Å². The van der Waals surface area contributed by atoms with Gasteiger partial charge in [-0.2, -0.15) is 8.42 Å². The molecule has 24 heavy (non-hydrogen) atoms. The number of benzene rings is 2. The third-order valence-corrected chi connectivity index (χ3v) is 4.22. The molecule has 0 aromatic heterocycles. The highest BCUT2D eigenvalue weighted by Crippen LogP contribution is 2.37. The number of ketones is 1. The molecule has 0 aliphatic carbocycles. The third kappa shape index (κ3) is 3.27. The zero-order valence-corrected chi connectivity index (χ0v) is 13.9. The molecule has 0 saturated heterocycles. The summed E-state index contributed by atoms with van der Waals surface area (Å²) < 4.78 is 39.2.